The van der Waals surface area contributed by atoms with Crippen LogP contribution in [0.5, 0.6) is 11.5 Å². The highest BCUT2D eigenvalue weighted by Gasteiger charge is 2.10. The molecular formula is C13H18BrNO3. The molecule has 5 heteroatoms. The van der Waals surface area contributed by atoms with Crippen LogP contribution in [0.4, 0.5) is 0 Å². The Labute approximate surface area is 115 Å². The first-order chi connectivity index (χ1) is 8.54. The van der Waals surface area contributed by atoms with Crippen LogP contribution >= 0.6 is 15.9 Å². The van der Waals surface area contributed by atoms with Gasteiger partial charge in [-0.05, 0) is 30.9 Å². The van der Waals surface area contributed by atoms with Gasteiger partial charge in [-0.25, -0.2) is 0 Å². The molecule has 3 N–H and O–H groups in total. The smallest absolute Gasteiger partial charge is 0.255 e. The van der Waals surface area contributed by atoms with Crippen molar-refractivity contribution in [2.45, 2.75) is 19.8 Å². The van der Waals surface area contributed by atoms with Crippen LogP contribution in [-0.4, -0.2) is 28.0 Å². The SMILES string of the molecule is CC(CBr)CCCNC(=O)c1ccc(O)cc1O. The predicted octanol–water partition coefficient (Wildman–Crippen LogP) is 2.64. The number of halogens is 1. The number of carbonyl (C=O) groups is 1. The Kier molecular flexibility index (Phi) is 5.98. The fraction of sp³-hybridized carbons (Fsp3) is 0.462. The van der Waals surface area contributed by atoms with E-state index >= 15 is 0 Å². The molecule has 0 aromatic heterocycles. The second kappa shape index (κ2) is 7.26. The maximum atomic E-state index is 11.7. The Hall–Kier alpha value is -1.23. The van der Waals surface area contributed by atoms with Crippen LogP contribution in [0, 0.1) is 5.92 Å². The number of hydrogen-bond donors (Lipinski definition) is 3. The van der Waals surface area contributed by atoms with Gasteiger partial charge in [-0.15, -0.1) is 0 Å². The van der Waals surface area contributed by atoms with Crippen molar-refractivity contribution in [2.75, 3.05) is 11.9 Å². The van der Waals surface area contributed by atoms with E-state index in [1.807, 2.05) is 0 Å². The molecule has 1 rings (SSSR count). The minimum Gasteiger partial charge on any atom is -0.508 e. The van der Waals surface area contributed by atoms with E-state index in [4.69, 9.17) is 5.11 Å². The van der Waals surface area contributed by atoms with Crippen molar-refractivity contribution < 1.29 is 15.0 Å². The van der Waals surface area contributed by atoms with Crippen molar-refractivity contribution >= 4 is 21.8 Å². The average Bonchev–Trinajstić information content (AvgIpc) is 2.34. The number of nitrogens with one attached hydrogen (secondary N) is 1. The molecule has 1 aromatic rings. The number of aromatic hydroxyl groups is 2. The zero-order valence-corrected chi connectivity index (χ0v) is 11.9. The van der Waals surface area contributed by atoms with Crippen molar-refractivity contribution in [1.29, 1.82) is 0 Å². The minimum absolute atomic E-state index is 0.0600. The number of amides is 1. The van der Waals surface area contributed by atoms with E-state index in [0.717, 1.165) is 24.2 Å². The molecule has 0 bridgehead atoms. The lowest BCUT2D eigenvalue weighted by molar-refractivity contribution is 0.0950. The lowest BCUT2D eigenvalue weighted by Gasteiger charge is -2.09. The first-order valence-corrected chi connectivity index (χ1v) is 7.03. The van der Waals surface area contributed by atoms with Crippen LogP contribution in [0.3, 0.4) is 0 Å². The Morgan fingerprint density at radius 3 is 2.78 bits per heavy atom. The minimum atomic E-state index is -0.320. The zero-order valence-electron chi connectivity index (χ0n) is 10.3. The fourth-order valence-electron chi connectivity index (χ4n) is 1.54. The van der Waals surface area contributed by atoms with Crippen LogP contribution in [0.15, 0.2) is 18.2 Å². The van der Waals surface area contributed by atoms with Crippen LogP contribution in [-0.2, 0) is 0 Å². The molecule has 0 heterocycles. The molecule has 0 spiro atoms. The monoisotopic (exact) mass is 315 g/mol. The van der Waals surface area contributed by atoms with Gasteiger partial charge in [0, 0.05) is 17.9 Å². The second-order valence-corrected chi connectivity index (χ2v) is 5.01. The summed E-state index contributed by atoms with van der Waals surface area (Å²) in [6.07, 6.45) is 1.93. The van der Waals surface area contributed by atoms with Crippen LogP contribution < -0.4 is 5.32 Å². The standard InChI is InChI=1S/C13H18BrNO3/c1-9(8-14)3-2-6-15-13(18)11-5-4-10(16)7-12(11)17/h4-5,7,9,16-17H,2-3,6,8H2,1H3,(H,15,18). The van der Waals surface area contributed by atoms with Crippen LogP contribution in [0.2, 0.25) is 0 Å². The van der Waals surface area contributed by atoms with Crippen LogP contribution in [0.25, 0.3) is 0 Å². The van der Waals surface area contributed by atoms with Gasteiger partial charge < -0.3 is 15.5 Å². The van der Waals surface area contributed by atoms with E-state index in [0.29, 0.717) is 12.5 Å². The molecule has 0 fully saturated rings. The van der Waals surface area contributed by atoms with Gasteiger partial charge >= 0.3 is 0 Å². The number of alkyl halides is 1. The van der Waals surface area contributed by atoms with E-state index in [1.165, 1.54) is 12.1 Å². The molecule has 1 amide bonds. The summed E-state index contributed by atoms with van der Waals surface area (Å²) in [5.74, 6) is -0.000468. The van der Waals surface area contributed by atoms with E-state index in [1.54, 1.807) is 0 Å². The number of carbonyl (C=O) groups excluding carboxylic acids is 1. The summed E-state index contributed by atoms with van der Waals surface area (Å²) in [5, 5.41) is 22.3. The zero-order chi connectivity index (χ0) is 13.5. The Morgan fingerprint density at radius 2 is 2.17 bits per heavy atom. The summed E-state index contributed by atoms with van der Waals surface area (Å²) in [7, 11) is 0. The molecule has 100 valence electrons. The number of hydrogen-bond acceptors (Lipinski definition) is 3. The number of phenolic OH excluding ortho intramolecular Hbond substituents is 2. The van der Waals surface area contributed by atoms with Gasteiger partial charge in [-0.3, -0.25) is 4.79 Å². The van der Waals surface area contributed by atoms with Crippen molar-refractivity contribution in [3.8, 4) is 11.5 Å². The normalized spacial score (nSPS) is 12.1. The number of rotatable bonds is 6. The van der Waals surface area contributed by atoms with Gasteiger partial charge in [0.15, 0.2) is 0 Å². The molecule has 0 radical (unpaired) electrons. The van der Waals surface area contributed by atoms with Crippen LogP contribution in [0.1, 0.15) is 30.1 Å². The fourth-order valence-corrected chi connectivity index (χ4v) is 1.86. The highest BCUT2D eigenvalue weighted by molar-refractivity contribution is 9.09. The summed E-state index contributed by atoms with van der Waals surface area (Å²) in [4.78, 5) is 11.7. The molecule has 0 saturated carbocycles. The largest absolute Gasteiger partial charge is 0.508 e. The van der Waals surface area contributed by atoms with Gasteiger partial charge in [0.25, 0.3) is 5.91 Å². The number of benzene rings is 1. The summed E-state index contributed by atoms with van der Waals surface area (Å²) in [6.45, 7) is 2.72. The highest BCUT2D eigenvalue weighted by Crippen LogP contribution is 2.22. The molecule has 1 unspecified atom stereocenters. The molecule has 0 saturated heterocycles. The quantitative estimate of drug-likeness (QED) is 0.558. The summed E-state index contributed by atoms with van der Waals surface area (Å²) in [6, 6.07) is 3.93. The summed E-state index contributed by atoms with van der Waals surface area (Å²) >= 11 is 3.40. The van der Waals surface area contributed by atoms with E-state index in [9.17, 15) is 9.90 Å². The molecule has 0 aliphatic rings. The molecule has 0 aliphatic carbocycles. The molecule has 4 nitrogen and oxygen atoms in total. The first-order valence-electron chi connectivity index (χ1n) is 5.90. The Bertz CT molecular complexity index is 409. The summed E-state index contributed by atoms with van der Waals surface area (Å²) in [5.41, 5.74) is 0.182. The summed E-state index contributed by atoms with van der Waals surface area (Å²) < 4.78 is 0. The van der Waals surface area contributed by atoms with E-state index in [-0.39, 0.29) is 23.0 Å². The molecular weight excluding hydrogens is 298 g/mol. The maximum absolute atomic E-state index is 11.7. The first kappa shape index (κ1) is 14.8. The topological polar surface area (TPSA) is 69.6 Å². The van der Waals surface area contributed by atoms with Gasteiger partial charge in [0.1, 0.15) is 11.5 Å². The van der Waals surface area contributed by atoms with Crippen molar-refractivity contribution in [3.63, 3.8) is 0 Å². The predicted molar refractivity (Wildman–Crippen MR) is 74.3 cm³/mol. The molecule has 0 aliphatic heterocycles. The Morgan fingerprint density at radius 1 is 1.44 bits per heavy atom. The lowest BCUT2D eigenvalue weighted by Crippen LogP contribution is -2.24. The van der Waals surface area contributed by atoms with Gasteiger partial charge in [0.2, 0.25) is 0 Å². The highest BCUT2D eigenvalue weighted by atomic mass is 79.9. The third kappa shape index (κ3) is 4.56. The van der Waals surface area contributed by atoms with E-state index in [2.05, 4.69) is 28.2 Å². The van der Waals surface area contributed by atoms with Crippen molar-refractivity contribution in [3.05, 3.63) is 23.8 Å². The van der Waals surface area contributed by atoms with Gasteiger partial charge in [-0.1, -0.05) is 22.9 Å². The molecule has 18 heavy (non-hydrogen) atoms. The van der Waals surface area contributed by atoms with Crippen molar-refractivity contribution in [2.24, 2.45) is 5.92 Å². The lowest BCUT2D eigenvalue weighted by atomic mass is 10.1. The maximum Gasteiger partial charge on any atom is 0.255 e. The van der Waals surface area contributed by atoms with Gasteiger partial charge in [0.05, 0.1) is 5.56 Å². The number of phenols is 2. The van der Waals surface area contributed by atoms with Crippen molar-refractivity contribution in [1.82, 2.24) is 5.32 Å². The van der Waals surface area contributed by atoms with E-state index < -0.39 is 0 Å². The third-order valence-electron chi connectivity index (χ3n) is 2.65. The third-order valence-corrected chi connectivity index (χ3v) is 3.75. The average molecular weight is 316 g/mol. The Balaban J connectivity index is 2.41. The molecule has 1 atom stereocenters. The van der Waals surface area contributed by atoms with Gasteiger partial charge in [-0.2, -0.15) is 0 Å². The molecule has 1 aromatic carbocycles. The second-order valence-electron chi connectivity index (χ2n) is 4.36.